The summed E-state index contributed by atoms with van der Waals surface area (Å²) in [6, 6.07) is 4.17. The Labute approximate surface area is 121 Å². The number of aryl methyl sites for hydroxylation is 3. The predicted molar refractivity (Wildman–Crippen MR) is 84.4 cm³/mol. The third-order valence-electron chi connectivity index (χ3n) is 4.07. The van der Waals surface area contributed by atoms with E-state index in [1.807, 2.05) is 13.1 Å². The first-order valence-corrected chi connectivity index (χ1v) is 7.30. The van der Waals surface area contributed by atoms with E-state index in [1.165, 1.54) is 16.7 Å². The maximum absolute atomic E-state index is 12.4. The van der Waals surface area contributed by atoms with Gasteiger partial charge in [0.2, 0.25) is 0 Å². The molecule has 0 spiro atoms. The van der Waals surface area contributed by atoms with Gasteiger partial charge in [-0.15, -0.1) is 0 Å². The molecular weight excluding hydrogens is 248 g/mol. The molecule has 0 unspecified atom stereocenters. The summed E-state index contributed by atoms with van der Waals surface area (Å²) in [6.45, 7) is 9.25. The predicted octanol–water partition coefficient (Wildman–Crippen LogP) is 3.97. The number of carbonyl (C=O) groups is 1. The van der Waals surface area contributed by atoms with E-state index in [9.17, 15) is 4.79 Å². The number of carbonyl (C=O) groups excluding carboxylic acids is 1. The average Bonchev–Trinajstić information content (AvgIpc) is 2.87. The molecule has 3 nitrogen and oxygen atoms in total. The Bertz CT molecular complexity index is 640. The van der Waals surface area contributed by atoms with Gasteiger partial charge in [0.15, 0.2) is 0 Å². The van der Waals surface area contributed by atoms with Crippen molar-refractivity contribution in [2.24, 2.45) is 0 Å². The van der Waals surface area contributed by atoms with Gasteiger partial charge in [0.25, 0.3) is 5.91 Å². The molecule has 0 aliphatic carbocycles. The molecular formula is C17H24N2O. The molecule has 0 bridgehead atoms. The number of fused-ring (bicyclic) bond motifs is 1. The number of hydrogen-bond donors (Lipinski definition) is 1. The van der Waals surface area contributed by atoms with Crippen molar-refractivity contribution in [1.29, 1.82) is 0 Å². The summed E-state index contributed by atoms with van der Waals surface area (Å²) in [4.78, 5) is 17.5. The van der Waals surface area contributed by atoms with Gasteiger partial charge in [-0.2, -0.15) is 0 Å². The number of aromatic nitrogens is 1. The van der Waals surface area contributed by atoms with Crippen molar-refractivity contribution in [1.82, 2.24) is 9.88 Å². The minimum atomic E-state index is 0.0751. The minimum Gasteiger partial charge on any atom is -0.350 e. The van der Waals surface area contributed by atoms with Gasteiger partial charge in [0, 0.05) is 24.5 Å². The number of aromatic amines is 1. The van der Waals surface area contributed by atoms with E-state index in [0.717, 1.165) is 30.3 Å². The van der Waals surface area contributed by atoms with Crippen molar-refractivity contribution in [3.05, 3.63) is 34.5 Å². The molecule has 0 saturated carbocycles. The zero-order chi connectivity index (χ0) is 14.9. The molecule has 20 heavy (non-hydrogen) atoms. The van der Waals surface area contributed by atoms with Crippen LogP contribution in [0.15, 0.2) is 12.1 Å². The highest BCUT2D eigenvalue weighted by Crippen LogP contribution is 2.26. The second-order valence-electron chi connectivity index (χ2n) is 5.69. The van der Waals surface area contributed by atoms with Gasteiger partial charge in [-0.25, -0.2) is 0 Å². The summed E-state index contributed by atoms with van der Waals surface area (Å²) in [7, 11) is 1.87. The summed E-state index contributed by atoms with van der Waals surface area (Å²) < 4.78 is 0. The monoisotopic (exact) mass is 272 g/mol. The number of nitrogens with zero attached hydrogens (tertiary/aromatic N) is 1. The first-order valence-electron chi connectivity index (χ1n) is 7.30. The smallest absolute Gasteiger partial charge is 0.270 e. The lowest BCUT2D eigenvalue weighted by Crippen LogP contribution is -2.27. The van der Waals surface area contributed by atoms with Gasteiger partial charge in [-0.3, -0.25) is 4.79 Å². The quantitative estimate of drug-likeness (QED) is 0.898. The number of benzene rings is 1. The molecule has 1 amide bonds. The molecule has 0 atom stereocenters. The fourth-order valence-corrected chi connectivity index (χ4v) is 2.59. The van der Waals surface area contributed by atoms with Gasteiger partial charge in [0.1, 0.15) is 5.69 Å². The van der Waals surface area contributed by atoms with Gasteiger partial charge >= 0.3 is 0 Å². The third-order valence-corrected chi connectivity index (χ3v) is 4.07. The zero-order valence-electron chi connectivity index (χ0n) is 13.1. The largest absolute Gasteiger partial charge is 0.350 e. The average molecular weight is 272 g/mol. The van der Waals surface area contributed by atoms with Crippen molar-refractivity contribution >= 4 is 16.8 Å². The third kappa shape index (κ3) is 2.58. The van der Waals surface area contributed by atoms with Crippen LogP contribution in [0.4, 0.5) is 0 Å². The minimum absolute atomic E-state index is 0.0751. The maximum Gasteiger partial charge on any atom is 0.270 e. The molecule has 1 heterocycles. The highest BCUT2D eigenvalue weighted by atomic mass is 16.2. The lowest BCUT2D eigenvalue weighted by Gasteiger charge is -2.15. The molecule has 2 aromatic rings. The summed E-state index contributed by atoms with van der Waals surface area (Å²) in [5.74, 6) is 0.0751. The van der Waals surface area contributed by atoms with Crippen molar-refractivity contribution < 1.29 is 4.79 Å². The van der Waals surface area contributed by atoms with Gasteiger partial charge in [-0.1, -0.05) is 19.4 Å². The molecule has 1 aromatic carbocycles. The molecule has 0 saturated heterocycles. The van der Waals surface area contributed by atoms with E-state index in [2.05, 4.69) is 38.7 Å². The van der Waals surface area contributed by atoms with Crippen LogP contribution in [0, 0.1) is 20.8 Å². The topological polar surface area (TPSA) is 36.1 Å². The van der Waals surface area contributed by atoms with Crippen molar-refractivity contribution in [3.8, 4) is 0 Å². The van der Waals surface area contributed by atoms with Crippen LogP contribution in [0.3, 0.4) is 0 Å². The number of H-pyrrole nitrogens is 1. The highest BCUT2D eigenvalue weighted by molar-refractivity contribution is 5.99. The van der Waals surface area contributed by atoms with Crippen LogP contribution in [0.25, 0.3) is 10.9 Å². The first kappa shape index (κ1) is 14.6. The molecule has 2 rings (SSSR count). The fourth-order valence-electron chi connectivity index (χ4n) is 2.59. The molecule has 1 aromatic heterocycles. The summed E-state index contributed by atoms with van der Waals surface area (Å²) in [5, 5.41) is 1.15. The molecule has 0 aliphatic heterocycles. The van der Waals surface area contributed by atoms with Gasteiger partial charge in [0.05, 0.1) is 0 Å². The molecule has 1 N–H and O–H groups in total. The number of hydrogen-bond acceptors (Lipinski definition) is 1. The summed E-state index contributed by atoms with van der Waals surface area (Å²) >= 11 is 0. The Balaban J connectivity index is 2.39. The molecule has 0 aliphatic rings. The SMILES string of the molecule is CCCCN(C)C(=O)c1cc2c(C)cc(C)c(C)c2[nH]1. The van der Waals surface area contributed by atoms with Crippen molar-refractivity contribution in [2.75, 3.05) is 13.6 Å². The Kier molecular flexibility index (Phi) is 4.17. The highest BCUT2D eigenvalue weighted by Gasteiger charge is 2.16. The maximum atomic E-state index is 12.4. The van der Waals surface area contributed by atoms with E-state index in [4.69, 9.17) is 0 Å². The van der Waals surface area contributed by atoms with E-state index in [-0.39, 0.29) is 5.91 Å². The molecule has 0 fully saturated rings. The number of unbranched alkanes of at least 4 members (excludes halogenated alkanes) is 1. The van der Waals surface area contributed by atoms with Gasteiger partial charge < -0.3 is 9.88 Å². The number of rotatable bonds is 4. The summed E-state index contributed by atoms with van der Waals surface area (Å²) in [6.07, 6.45) is 2.14. The van der Waals surface area contributed by atoms with Crippen molar-refractivity contribution in [2.45, 2.75) is 40.5 Å². The van der Waals surface area contributed by atoms with Crippen LogP contribution in [0.5, 0.6) is 0 Å². The lowest BCUT2D eigenvalue weighted by molar-refractivity contribution is 0.0788. The Morgan fingerprint density at radius 2 is 1.90 bits per heavy atom. The normalized spacial score (nSPS) is 11.1. The van der Waals surface area contributed by atoms with E-state index in [1.54, 1.807) is 4.90 Å². The van der Waals surface area contributed by atoms with Crippen LogP contribution >= 0.6 is 0 Å². The van der Waals surface area contributed by atoms with Gasteiger partial charge in [-0.05, 0) is 49.9 Å². The van der Waals surface area contributed by atoms with Crippen LogP contribution in [0.1, 0.15) is 46.9 Å². The molecule has 108 valence electrons. The van der Waals surface area contributed by atoms with Crippen LogP contribution < -0.4 is 0 Å². The first-order chi connectivity index (χ1) is 9.45. The second kappa shape index (κ2) is 5.70. The Morgan fingerprint density at radius 1 is 1.20 bits per heavy atom. The van der Waals surface area contributed by atoms with Crippen LogP contribution in [-0.4, -0.2) is 29.4 Å². The second-order valence-corrected chi connectivity index (χ2v) is 5.69. The standard InChI is InChI=1S/C17H24N2O/c1-6-7-8-19(5)17(20)15-10-14-12(3)9-11(2)13(4)16(14)18-15/h9-10,18H,6-8H2,1-5H3. The molecule has 3 heteroatoms. The lowest BCUT2D eigenvalue weighted by atomic mass is 10.0. The van der Waals surface area contributed by atoms with Crippen molar-refractivity contribution in [3.63, 3.8) is 0 Å². The Morgan fingerprint density at radius 3 is 2.55 bits per heavy atom. The fraction of sp³-hybridized carbons (Fsp3) is 0.471. The van der Waals surface area contributed by atoms with E-state index in [0.29, 0.717) is 5.69 Å². The van der Waals surface area contributed by atoms with Crippen LogP contribution in [-0.2, 0) is 0 Å². The van der Waals surface area contributed by atoms with E-state index >= 15 is 0 Å². The molecule has 0 radical (unpaired) electrons. The zero-order valence-corrected chi connectivity index (χ0v) is 13.1. The summed E-state index contributed by atoms with van der Waals surface area (Å²) in [5.41, 5.74) is 5.48. The number of nitrogens with one attached hydrogen (secondary N) is 1. The van der Waals surface area contributed by atoms with E-state index < -0.39 is 0 Å². The Hall–Kier alpha value is -1.77. The number of amides is 1. The van der Waals surface area contributed by atoms with Crippen LogP contribution in [0.2, 0.25) is 0 Å².